The summed E-state index contributed by atoms with van der Waals surface area (Å²) in [6, 6.07) is 0. The largest absolute Gasteiger partial charge is 0.390 e. The maximum Gasteiger partial charge on any atom is 0.167 e. The van der Waals surface area contributed by atoms with Crippen molar-refractivity contribution in [3.63, 3.8) is 0 Å². The van der Waals surface area contributed by atoms with Crippen LogP contribution in [0.2, 0.25) is 0 Å². The van der Waals surface area contributed by atoms with Crippen LogP contribution in [0.4, 0.5) is 0 Å². The minimum Gasteiger partial charge on any atom is -0.390 e. The molecule has 0 spiro atoms. The monoisotopic (exact) mass is 254 g/mol. The molecule has 104 valence electrons. The van der Waals surface area contributed by atoms with Gasteiger partial charge < -0.3 is 10.2 Å². The molecule has 2 N–H and O–H groups in total. The van der Waals surface area contributed by atoms with Crippen molar-refractivity contribution in [2.45, 2.75) is 64.6 Å². The number of carbonyl (C=O) groups is 1. The Morgan fingerprint density at radius 3 is 2.33 bits per heavy atom. The molecule has 0 heterocycles. The fourth-order valence-corrected chi connectivity index (χ4v) is 4.04. The van der Waals surface area contributed by atoms with Crippen LogP contribution in [-0.2, 0) is 4.79 Å². The highest BCUT2D eigenvalue weighted by molar-refractivity contribution is 5.90. The van der Waals surface area contributed by atoms with Crippen LogP contribution in [-0.4, -0.2) is 27.2 Å². The molecule has 18 heavy (non-hydrogen) atoms. The van der Waals surface area contributed by atoms with Crippen LogP contribution in [0.25, 0.3) is 0 Å². The number of fused-ring (bicyclic) bond motifs is 1. The fraction of sp³-hybridized carbons (Fsp3) is 0.933. The molecule has 5 atom stereocenters. The second-order valence-electron chi connectivity index (χ2n) is 7.11. The highest BCUT2D eigenvalue weighted by Gasteiger charge is 2.55. The Kier molecular flexibility index (Phi) is 3.35. The van der Waals surface area contributed by atoms with Crippen LogP contribution in [0.5, 0.6) is 0 Å². The molecule has 2 aliphatic rings. The summed E-state index contributed by atoms with van der Waals surface area (Å²) in [5.41, 5.74) is -1.94. The molecule has 0 unspecified atom stereocenters. The van der Waals surface area contributed by atoms with Crippen molar-refractivity contribution in [2.75, 3.05) is 0 Å². The number of hydrogen-bond acceptors (Lipinski definition) is 3. The van der Waals surface area contributed by atoms with E-state index in [1.165, 1.54) is 0 Å². The van der Waals surface area contributed by atoms with Crippen molar-refractivity contribution in [3.05, 3.63) is 0 Å². The van der Waals surface area contributed by atoms with Gasteiger partial charge in [-0.2, -0.15) is 0 Å². The topological polar surface area (TPSA) is 57.5 Å². The third-order valence-electron chi connectivity index (χ3n) is 5.31. The molecule has 0 aromatic heterocycles. The average molecular weight is 254 g/mol. The minimum atomic E-state index is -1.19. The molecular weight excluding hydrogens is 228 g/mol. The van der Waals surface area contributed by atoms with E-state index in [4.69, 9.17) is 0 Å². The Balaban J connectivity index is 2.35. The molecule has 0 aliphatic heterocycles. The molecule has 0 radical (unpaired) electrons. The lowest BCUT2D eigenvalue weighted by atomic mass is 9.54. The number of aliphatic hydroxyl groups is 2. The van der Waals surface area contributed by atoms with E-state index in [-0.39, 0.29) is 17.6 Å². The van der Waals surface area contributed by atoms with Gasteiger partial charge in [0.15, 0.2) is 5.78 Å². The van der Waals surface area contributed by atoms with E-state index in [1.807, 2.05) is 6.92 Å². The van der Waals surface area contributed by atoms with E-state index in [0.717, 1.165) is 19.3 Å². The van der Waals surface area contributed by atoms with Crippen LogP contribution < -0.4 is 0 Å². The predicted octanol–water partition coefficient (Wildman–Crippen LogP) is 2.15. The molecule has 2 fully saturated rings. The first-order valence-corrected chi connectivity index (χ1v) is 7.16. The quantitative estimate of drug-likeness (QED) is 0.754. The van der Waals surface area contributed by atoms with Gasteiger partial charge in [0.2, 0.25) is 0 Å². The smallest absolute Gasteiger partial charge is 0.167 e. The summed E-state index contributed by atoms with van der Waals surface area (Å²) in [5, 5.41) is 20.7. The second-order valence-corrected chi connectivity index (χ2v) is 7.11. The van der Waals surface area contributed by atoms with Gasteiger partial charge in [-0.3, -0.25) is 4.79 Å². The Morgan fingerprint density at radius 2 is 1.78 bits per heavy atom. The highest BCUT2D eigenvalue weighted by atomic mass is 16.3. The lowest BCUT2D eigenvalue weighted by molar-refractivity contribution is -0.170. The SMILES string of the molecule is CC(C)[C@H]1CC[C@](C)(O)[C@@H]2CC[C@](C)(O)C(=O)[C@H]12. The van der Waals surface area contributed by atoms with Crippen LogP contribution in [0.3, 0.4) is 0 Å². The van der Waals surface area contributed by atoms with Crippen LogP contribution >= 0.6 is 0 Å². The molecule has 2 aliphatic carbocycles. The molecule has 3 heteroatoms. The summed E-state index contributed by atoms with van der Waals surface area (Å²) in [4.78, 5) is 12.5. The summed E-state index contributed by atoms with van der Waals surface area (Å²) in [7, 11) is 0. The number of ketones is 1. The summed E-state index contributed by atoms with van der Waals surface area (Å²) in [6.45, 7) is 7.76. The van der Waals surface area contributed by atoms with Crippen molar-refractivity contribution in [1.29, 1.82) is 0 Å². The summed E-state index contributed by atoms with van der Waals surface area (Å²) < 4.78 is 0. The summed E-state index contributed by atoms with van der Waals surface area (Å²) >= 11 is 0. The van der Waals surface area contributed by atoms with E-state index in [0.29, 0.717) is 18.3 Å². The van der Waals surface area contributed by atoms with Gasteiger partial charge in [0.25, 0.3) is 0 Å². The lowest BCUT2D eigenvalue weighted by Crippen LogP contribution is -2.58. The summed E-state index contributed by atoms with van der Waals surface area (Å²) in [5.74, 6) is 0.530. The van der Waals surface area contributed by atoms with Crippen molar-refractivity contribution in [2.24, 2.45) is 23.7 Å². The third kappa shape index (κ3) is 2.12. The Bertz CT molecular complexity index is 344. The van der Waals surface area contributed by atoms with E-state index in [9.17, 15) is 15.0 Å². The van der Waals surface area contributed by atoms with E-state index >= 15 is 0 Å². The Morgan fingerprint density at radius 1 is 1.17 bits per heavy atom. The minimum absolute atomic E-state index is 0.0198. The van der Waals surface area contributed by atoms with Gasteiger partial charge in [-0.15, -0.1) is 0 Å². The van der Waals surface area contributed by atoms with Gasteiger partial charge in [0, 0.05) is 5.92 Å². The average Bonchev–Trinajstić information content (AvgIpc) is 2.23. The van der Waals surface area contributed by atoms with Gasteiger partial charge in [-0.05, 0) is 57.3 Å². The van der Waals surface area contributed by atoms with Gasteiger partial charge in [0.1, 0.15) is 5.60 Å². The fourth-order valence-electron chi connectivity index (χ4n) is 4.04. The maximum absolute atomic E-state index is 12.5. The normalized spacial score (nSPS) is 49.3. The van der Waals surface area contributed by atoms with Gasteiger partial charge in [0.05, 0.1) is 5.60 Å². The first-order valence-electron chi connectivity index (χ1n) is 7.16. The molecule has 0 aromatic rings. The van der Waals surface area contributed by atoms with Gasteiger partial charge in [-0.1, -0.05) is 13.8 Å². The summed E-state index contributed by atoms with van der Waals surface area (Å²) in [6.07, 6.45) is 2.88. The van der Waals surface area contributed by atoms with Crippen LogP contribution in [0.1, 0.15) is 53.4 Å². The van der Waals surface area contributed by atoms with Gasteiger partial charge >= 0.3 is 0 Å². The lowest BCUT2D eigenvalue weighted by Gasteiger charge is -2.52. The Hall–Kier alpha value is -0.410. The van der Waals surface area contributed by atoms with E-state index in [2.05, 4.69) is 13.8 Å². The number of Topliss-reactive ketones (excluding diaryl/α,β-unsaturated/α-hetero) is 1. The van der Waals surface area contributed by atoms with Crippen molar-refractivity contribution >= 4 is 5.78 Å². The van der Waals surface area contributed by atoms with Gasteiger partial charge in [-0.25, -0.2) is 0 Å². The predicted molar refractivity (Wildman–Crippen MR) is 70.0 cm³/mol. The molecule has 0 bridgehead atoms. The van der Waals surface area contributed by atoms with E-state index < -0.39 is 11.2 Å². The zero-order chi connectivity index (χ0) is 13.7. The molecule has 0 aromatic carbocycles. The third-order valence-corrected chi connectivity index (χ3v) is 5.31. The van der Waals surface area contributed by atoms with Crippen molar-refractivity contribution in [1.82, 2.24) is 0 Å². The molecular formula is C15H26O3. The van der Waals surface area contributed by atoms with Crippen LogP contribution in [0, 0.1) is 23.7 Å². The molecule has 0 amide bonds. The molecule has 2 saturated carbocycles. The molecule has 3 nitrogen and oxygen atoms in total. The molecule has 2 rings (SSSR count). The first-order chi connectivity index (χ1) is 8.17. The second kappa shape index (κ2) is 4.31. The van der Waals surface area contributed by atoms with Crippen molar-refractivity contribution in [3.8, 4) is 0 Å². The van der Waals surface area contributed by atoms with Crippen LogP contribution in [0.15, 0.2) is 0 Å². The van der Waals surface area contributed by atoms with E-state index in [1.54, 1.807) is 6.92 Å². The zero-order valence-electron chi connectivity index (χ0n) is 11.9. The number of carbonyl (C=O) groups excluding carboxylic acids is 1. The zero-order valence-corrected chi connectivity index (χ0v) is 11.9. The highest BCUT2D eigenvalue weighted by Crippen LogP contribution is 2.51. The standard InChI is InChI=1S/C15H26O3/c1-9(2)10-5-7-14(3,17)11-6-8-15(4,18)13(16)12(10)11/h9-12,17-18H,5-8H2,1-4H3/t10-,11-,12-,14+,15+/m1/s1. The maximum atomic E-state index is 12.5. The molecule has 0 saturated heterocycles. The first kappa shape index (κ1) is 14.0. The Labute approximate surface area is 110 Å². The number of rotatable bonds is 1. The van der Waals surface area contributed by atoms with Crippen molar-refractivity contribution < 1.29 is 15.0 Å². The number of hydrogen-bond donors (Lipinski definition) is 2.